The van der Waals surface area contributed by atoms with Gasteiger partial charge in [0.05, 0.1) is 24.4 Å². The lowest BCUT2D eigenvalue weighted by atomic mass is 10.0. The van der Waals surface area contributed by atoms with Crippen molar-refractivity contribution in [1.29, 1.82) is 0 Å². The minimum absolute atomic E-state index is 0.132. The number of nitrogens with zero attached hydrogens (tertiary/aromatic N) is 2. The molecule has 0 N–H and O–H groups in total. The smallest absolute Gasteiger partial charge is 0.212 e. The van der Waals surface area contributed by atoms with E-state index in [1.807, 2.05) is 26.0 Å². The number of ether oxygens (including phenoxy) is 1. The van der Waals surface area contributed by atoms with E-state index < -0.39 is 0 Å². The lowest BCUT2D eigenvalue weighted by Gasteiger charge is -2.10. The van der Waals surface area contributed by atoms with Crippen LogP contribution in [0.3, 0.4) is 0 Å². The fourth-order valence-electron chi connectivity index (χ4n) is 2.15. The van der Waals surface area contributed by atoms with Gasteiger partial charge in [-0.25, -0.2) is 0 Å². The van der Waals surface area contributed by atoms with Crippen molar-refractivity contribution in [3.63, 3.8) is 0 Å². The van der Waals surface area contributed by atoms with Crippen LogP contribution in [0.25, 0.3) is 0 Å². The van der Waals surface area contributed by atoms with Crippen LogP contribution in [0.15, 0.2) is 22.8 Å². The van der Waals surface area contributed by atoms with Gasteiger partial charge < -0.3 is 4.74 Å². The van der Waals surface area contributed by atoms with Crippen molar-refractivity contribution in [2.75, 3.05) is 13.7 Å². The highest BCUT2D eigenvalue weighted by molar-refractivity contribution is 9.10. The molecule has 0 saturated heterocycles. The second-order valence-electron chi connectivity index (χ2n) is 4.81. The number of rotatable bonds is 5. The molecule has 0 radical (unpaired) electrons. The molecule has 1 aromatic heterocycles. The van der Waals surface area contributed by atoms with Gasteiger partial charge in [0, 0.05) is 17.1 Å². The van der Waals surface area contributed by atoms with Crippen LogP contribution in [0.1, 0.15) is 27.2 Å². The molecule has 21 heavy (non-hydrogen) atoms. The molecule has 4 nitrogen and oxygen atoms in total. The largest absolute Gasteiger partial charge is 0.383 e. The molecule has 0 amide bonds. The second kappa shape index (κ2) is 6.73. The highest BCUT2D eigenvalue weighted by Gasteiger charge is 2.20. The van der Waals surface area contributed by atoms with E-state index in [1.165, 1.54) is 6.20 Å². The molecule has 0 atom stereocenters. The van der Waals surface area contributed by atoms with Crippen LogP contribution in [-0.4, -0.2) is 29.3 Å². The van der Waals surface area contributed by atoms with Gasteiger partial charge in [0.15, 0.2) is 0 Å². The monoisotopic (exact) mass is 370 g/mol. The van der Waals surface area contributed by atoms with Crippen molar-refractivity contribution in [1.82, 2.24) is 9.78 Å². The van der Waals surface area contributed by atoms with Crippen molar-refractivity contribution >= 4 is 33.3 Å². The SMILES string of the molecule is COCCn1ncc(Cl)c1C(=O)c1cc(C)c(Br)c(C)c1. The van der Waals surface area contributed by atoms with E-state index in [0.29, 0.717) is 29.4 Å². The van der Waals surface area contributed by atoms with Gasteiger partial charge in [0.1, 0.15) is 5.69 Å². The summed E-state index contributed by atoms with van der Waals surface area (Å²) >= 11 is 9.63. The maximum atomic E-state index is 12.7. The molecule has 0 spiro atoms. The van der Waals surface area contributed by atoms with Gasteiger partial charge in [0.25, 0.3) is 0 Å². The van der Waals surface area contributed by atoms with E-state index >= 15 is 0 Å². The number of carbonyl (C=O) groups is 1. The summed E-state index contributed by atoms with van der Waals surface area (Å²) in [5.41, 5.74) is 3.03. The van der Waals surface area contributed by atoms with Gasteiger partial charge in [-0.05, 0) is 37.1 Å². The topological polar surface area (TPSA) is 44.1 Å². The Morgan fingerprint density at radius 1 is 1.38 bits per heavy atom. The summed E-state index contributed by atoms with van der Waals surface area (Å²) in [5.74, 6) is -0.132. The van der Waals surface area contributed by atoms with Crippen molar-refractivity contribution in [2.24, 2.45) is 0 Å². The Morgan fingerprint density at radius 3 is 2.57 bits per heavy atom. The first kappa shape index (κ1) is 16.2. The predicted octanol–water partition coefficient (Wildman–Crippen LogP) is 3.79. The Morgan fingerprint density at radius 2 is 2.00 bits per heavy atom. The normalized spacial score (nSPS) is 10.9. The fraction of sp³-hybridized carbons (Fsp3) is 0.333. The molecular weight excluding hydrogens is 356 g/mol. The third kappa shape index (κ3) is 3.36. The average molecular weight is 372 g/mol. The van der Waals surface area contributed by atoms with Gasteiger partial charge in [-0.1, -0.05) is 27.5 Å². The zero-order valence-corrected chi connectivity index (χ0v) is 14.5. The van der Waals surface area contributed by atoms with Crippen molar-refractivity contribution < 1.29 is 9.53 Å². The molecule has 1 aromatic carbocycles. The van der Waals surface area contributed by atoms with E-state index in [4.69, 9.17) is 16.3 Å². The molecule has 6 heteroatoms. The Hall–Kier alpha value is -1.17. The van der Waals surface area contributed by atoms with Gasteiger partial charge in [-0.2, -0.15) is 5.10 Å². The highest BCUT2D eigenvalue weighted by Crippen LogP contribution is 2.25. The summed E-state index contributed by atoms with van der Waals surface area (Å²) in [6.07, 6.45) is 1.49. The minimum Gasteiger partial charge on any atom is -0.383 e. The Balaban J connectivity index is 2.43. The molecule has 0 bridgehead atoms. The molecule has 0 aliphatic carbocycles. The minimum atomic E-state index is -0.132. The summed E-state index contributed by atoms with van der Waals surface area (Å²) in [6, 6.07) is 3.70. The summed E-state index contributed by atoms with van der Waals surface area (Å²) in [4.78, 5) is 12.7. The molecule has 112 valence electrons. The highest BCUT2D eigenvalue weighted by atomic mass is 79.9. The van der Waals surface area contributed by atoms with Crippen LogP contribution < -0.4 is 0 Å². The van der Waals surface area contributed by atoms with Gasteiger partial charge in [-0.15, -0.1) is 0 Å². The molecule has 0 saturated carbocycles. The molecule has 2 aromatic rings. The van der Waals surface area contributed by atoms with Crippen LogP contribution >= 0.6 is 27.5 Å². The summed E-state index contributed by atoms with van der Waals surface area (Å²) in [7, 11) is 1.61. The molecule has 1 heterocycles. The van der Waals surface area contributed by atoms with Crippen molar-refractivity contribution in [3.05, 3.63) is 50.2 Å². The van der Waals surface area contributed by atoms with Crippen LogP contribution in [0.2, 0.25) is 5.02 Å². The lowest BCUT2D eigenvalue weighted by Crippen LogP contribution is -2.15. The van der Waals surface area contributed by atoms with E-state index in [-0.39, 0.29) is 5.78 Å². The maximum Gasteiger partial charge on any atom is 0.212 e. The van der Waals surface area contributed by atoms with Gasteiger partial charge in [0.2, 0.25) is 5.78 Å². The molecular formula is C15H16BrClN2O2. The first-order valence-electron chi connectivity index (χ1n) is 6.47. The standard InChI is InChI=1S/C15H16BrClN2O2/c1-9-6-11(7-10(2)13(9)16)15(20)14-12(17)8-18-19(14)4-5-21-3/h6-8H,4-5H2,1-3H3. The molecule has 0 unspecified atom stereocenters. The molecule has 2 rings (SSSR count). The Bertz CT molecular complexity index is 659. The molecule has 0 fully saturated rings. The Kier molecular flexibility index (Phi) is 5.19. The van der Waals surface area contributed by atoms with E-state index in [1.54, 1.807) is 11.8 Å². The van der Waals surface area contributed by atoms with Crippen LogP contribution in [0.4, 0.5) is 0 Å². The van der Waals surface area contributed by atoms with Crippen LogP contribution in [-0.2, 0) is 11.3 Å². The number of carbonyl (C=O) groups excluding carboxylic acids is 1. The summed E-state index contributed by atoms with van der Waals surface area (Å²) < 4.78 is 7.62. The van der Waals surface area contributed by atoms with E-state index in [0.717, 1.165) is 15.6 Å². The lowest BCUT2D eigenvalue weighted by molar-refractivity contribution is 0.102. The zero-order chi connectivity index (χ0) is 15.6. The van der Waals surface area contributed by atoms with Crippen molar-refractivity contribution in [3.8, 4) is 0 Å². The number of hydrogen-bond donors (Lipinski definition) is 0. The van der Waals surface area contributed by atoms with Crippen LogP contribution in [0, 0.1) is 13.8 Å². The predicted molar refractivity (Wildman–Crippen MR) is 86.2 cm³/mol. The van der Waals surface area contributed by atoms with Crippen LogP contribution in [0.5, 0.6) is 0 Å². The maximum absolute atomic E-state index is 12.7. The van der Waals surface area contributed by atoms with E-state index in [9.17, 15) is 4.79 Å². The number of aromatic nitrogens is 2. The summed E-state index contributed by atoms with van der Waals surface area (Å²) in [5, 5.41) is 4.49. The second-order valence-corrected chi connectivity index (χ2v) is 6.01. The van der Waals surface area contributed by atoms with Crippen molar-refractivity contribution in [2.45, 2.75) is 20.4 Å². The quantitative estimate of drug-likeness (QED) is 0.751. The molecule has 0 aliphatic rings. The number of hydrogen-bond acceptors (Lipinski definition) is 3. The number of ketones is 1. The first-order chi connectivity index (χ1) is 9.95. The Labute approximate surface area is 137 Å². The van der Waals surface area contributed by atoms with Gasteiger partial charge >= 0.3 is 0 Å². The fourth-order valence-corrected chi connectivity index (χ4v) is 2.61. The zero-order valence-electron chi connectivity index (χ0n) is 12.1. The third-order valence-corrected chi connectivity index (χ3v) is 4.74. The third-order valence-electron chi connectivity index (χ3n) is 3.22. The number of aryl methyl sites for hydroxylation is 2. The number of benzene rings is 1. The van der Waals surface area contributed by atoms with E-state index in [2.05, 4.69) is 21.0 Å². The number of methoxy groups -OCH3 is 1. The average Bonchev–Trinajstić information content (AvgIpc) is 2.82. The first-order valence-corrected chi connectivity index (χ1v) is 7.64. The van der Waals surface area contributed by atoms with Gasteiger partial charge in [-0.3, -0.25) is 9.48 Å². The number of halogens is 2. The molecule has 0 aliphatic heterocycles. The summed E-state index contributed by atoms with van der Waals surface area (Å²) in [6.45, 7) is 4.87.